The Labute approximate surface area is 100 Å². The molecule has 0 spiro atoms. The van der Waals surface area contributed by atoms with E-state index in [0.717, 1.165) is 12.0 Å². The third kappa shape index (κ3) is 5.12. The third-order valence-electron chi connectivity index (χ3n) is 2.31. The molecule has 0 aliphatic heterocycles. The first kappa shape index (κ1) is 13.2. The Kier molecular flexibility index (Phi) is 5.16. The van der Waals surface area contributed by atoms with Crippen LogP contribution in [0.1, 0.15) is 12.0 Å². The van der Waals surface area contributed by atoms with Crippen LogP contribution in [-0.2, 0) is 16.0 Å². The quantitative estimate of drug-likeness (QED) is 0.622. The van der Waals surface area contributed by atoms with Crippen molar-refractivity contribution in [1.29, 1.82) is 0 Å². The summed E-state index contributed by atoms with van der Waals surface area (Å²) in [6.07, 6.45) is 0.604. The molecule has 0 aromatic heterocycles. The molecule has 0 saturated carbocycles. The largest absolute Gasteiger partial charge is 0.370 e. The van der Waals surface area contributed by atoms with E-state index in [0.29, 0.717) is 6.54 Å². The summed E-state index contributed by atoms with van der Waals surface area (Å²) in [6.45, 7) is 0.495. The van der Waals surface area contributed by atoms with Crippen LogP contribution < -0.4 is 16.8 Å². The Bertz CT molecular complexity index is 379. The average Bonchev–Trinajstić information content (AvgIpc) is 2.29. The van der Waals surface area contributed by atoms with Crippen LogP contribution in [0.25, 0.3) is 0 Å². The highest BCUT2D eigenvalue weighted by molar-refractivity contribution is 5.87. The molecule has 0 radical (unpaired) electrons. The summed E-state index contributed by atoms with van der Waals surface area (Å²) in [4.78, 5) is 22.0. The minimum absolute atomic E-state index is 0.128. The van der Waals surface area contributed by atoms with Gasteiger partial charge >= 0.3 is 0 Å². The highest BCUT2D eigenvalue weighted by Crippen LogP contribution is 1.98. The number of hydrogen-bond acceptors (Lipinski definition) is 3. The lowest BCUT2D eigenvalue weighted by Gasteiger charge is -2.10. The number of hydrogen-bond donors (Lipinski definition) is 3. The van der Waals surface area contributed by atoms with Crippen LogP contribution in [0.15, 0.2) is 30.3 Å². The summed E-state index contributed by atoms with van der Waals surface area (Å²) < 4.78 is 0. The fourth-order valence-corrected chi connectivity index (χ4v) is 1.42. The van der Waals surface area contributed by atoms with Gasteiger partial charge in [0.2, 0.25) is 11.8 Å². The maximum Gasteiger partial charge on any atom is 0.237 e. The molecular weight excluding hydrogens is 218 g/mol. The maximum atomic E-state index is 11.4. The first-order valence-electron chi connectivity index (χ1n) is 5.45. The first-order chi connectivity index (χ1) is 8.09. The Morgan fingerprint density at radius 3 is 2.47 bits per heavy atom. The zero-order valence-corrected chi connectivity index (χ0v) is 9.56. The second kappa shape index (κ2) is 6.65. The molecule has 5 nitrogen and oxygen atoms in total. The van der Waals surface area contributed by atoms with Crippen molar-refractivity contribution in [3.63, 3.8) is 0 Å². The van der Waals surface area contributed by atoms with Crippen LogP contribution in [0.4, 0.5) is 0 Å². The molecule has 1 unspecified atom stereocenters. The van der Waals surface area contributed by atoms with Crippen molar-refractivity contribution >= 4 is 11.8 Å². The maximum absolute atomic E-state index is 11.4. The molecule has 0 heterocycles. The fourth-order valence-electron chi connectivity index (χ4n) is 1.42. The molecule has 1 aromatic carbocycles. The number of amides is 2. The molecule has 1 aromatic rings. The van der Waals surface area contributed by atoms with Gasteiger partial charge in [-0.05, 0) is 12.0 Å². The summed E-state index contributed by atoms with van der Waals surface area (Å²) in [5.41, 5.74) is 11.6. The Hall–Kier alpha value is -1.88. The minimum Gasteiger partial charge on any atom is -0.370 e. The smallest absolute Gasteiger partial charge is 0.237 e. The zero-order chi connectivity index (χ0) is 12.7. The number of nitrogens with two attached hydrogens (primary N) is 2. The van der Waals surface area contributed by atoms with Crippen LogP contribution >= 0.6 is 0 Å². The van der Waals surface area contributed by atoms with Gasteiger partial charge in [-0.2, -0.15) is 0 Å². The van der Waals surface area contributed by atoms with Gasteiger partial charge in [0.1, 0.15) is 0 Å². The van der Waals surface area contributed by atoms with Crippen LogP contribution in [-0.4, -0.2) is 24.4 Å². The van der Waals surface area contributed by atoms with E-state index < -0.39 is 11.9 Å². The van der Waals surface area contributed by atoms with Gasteiger partial charge in [0.25, 0.3) is 0 Å². The second-order valence-electron chi connectivity index (χ2n) is 3.80. The molecule has 0 saturated heterocycles. The van der Waals surface area contributed by atoms with E-state index in [9.17, 15) is 9.59 Å². The summed E-state index contributed by atoms with van der Waals surface area (Å²) in [6, 6.07) is 8.92. The van der Waals surface area contributed by atoms with Crippen LogP contribution in [0.3, 0.4) is 0 Å². The van der Waals surface area contributed by atoms with Gasteiger partial charge in [0.15, 0.2) is 0 Å². The van der Waals surface area contributed by atoms with Crippen molar-refractivity contribution in [2.45, 2.75) is 18.9 Å². The van der Waals surface area contributed by atoms with Gasteiger partial charge in [0, 0.05) is 6.54 Å². The average molecular weight is 235 g/mol. The van der Waals surface area contributed by atoms with E-state index in [2.05, 4.69) is 5.32 Å². The predicted molar refractivity (Wildman–Crippen MR) is 64.9 cm³/mol. The third-order valence-corrected chi connectivity index (χ3v) is 2.31. The molecule has 92 valence electrons. The molecule has 0 bridgehead atoms. The fraction of sp³-hybridized carbons (Fsp3) is 0.333. The van der Waals surface area contributed by atoms with E-state index in [1.165, 1.54) is 0 Å². The Balaban J connectivity index is 2.27. The monoisotopic (exact) mass is 235 g/mol. The van der Waals surface area contributed by atoms with Gasteiger partial charge in [0.05, 0.1) is 12.5 Å². The van der Waals surface area contributed by atoms with Crippen molar-refractivity contribution in [2.24, 2.45) is 11.5 Å². The molecule has 0 fully saturated rings. The van der Waals surface area contributed by atoms with Crippen molar-refractivity contribution in [2.75, 3.05) is 6.54 Å². The highest BCUT2D eigenvalue weighted by Gasteiger charge is 2.14. The Morgan fingerprint density at radius 2 is 1.88 bits per heavy atom. The molecule has 5 N–H and O–H groups in total. The summed E-state index contributed by atoms with van der Waals surface area (Å²) in [5, 5.41) is 2.66. The predicted octanol–water partition coefficient (Wildman–Crippen LogP) is -0.452. The number of primary amides is 1. The van der Waals surface area contributed by atoms with Gasteiger partial charge in [-0.25, -0.2) is 0 Å². The molecule has 2 amide bonds. The lowest BCUT2D eigenvalue weighted by atomic mass is 10.1. The van der Waals surface area contributed by atoms with Crippen LogP contribution in [0.2, 0.25) is 0 Å². The van der Waals surface area contributed by atoms with Crippen molar-refractivity contribution in [3.8, 4) is 0 Å². The number of benzene rings is 1. The topological polar surface area (TPSA) is 98.2 Å². The van der Waals surface area contributed by atoms with E-state index in [4.69, 9.17) is 11.5 Å². The first-order valence-corrected chi connectivity index (χ1v) is 5.45. The lowest BCUT2D eigenvalue weighted by molar-refractivity contribution is -0.126. The summed E-state index contributed by atoms with van der Waals surface area (Å²) >= 11 is 0. The van der Waals surface area contributed by atoms with Crippen LogP contribution in [0, 0.1) is 0 Å². The van der Waals surface area contributed by atoms with Gasteiger partial charge in [-0.15, -0.1) is 0 Å². The molecule has 17 heavy (non-hydrogen) atoms. The van der Waals surface area contributed by atoms with Gasteiger partial charge < -0.3 is 16.8 Å². The number of nitrogens with one attached hydrogen (secondary N) is 1. The standard InChI is InChI=1S/C12H17N3O2/c13-10(8-11(14)16)12(17)15-7-6-9-4-2-1-3-5-9/h1-5,10H,6-8,13H2,(H2,14,16)(H,15,17). The van der Waals surface area contributed by atoms with Crippen molar-refractivity contribution in [3.05, 3.63) is 35.9 Å². The van der Waals surface area contributed by atoms with Crippen molar-refractivity contribution < 1.29 is 9.59 Å². The molecule has 0 aliphatic rings. The van der Waals surface area contributed by atoms with Gasteiger partial charge in [-0.3, -0.25) is 9.59 Å². The van der Waals surface area contributed by atoms with E-state index >= 15 is 0 Å². The number of rotatable bonds is 6. The van der Waals surface area contributed by atoms with E-state index in [1.807, 2.05) is 30.3 Å². The SMILES string of the molecule is NC(=O)CC(N)C(=O)NCCc1ccccc1. The lowest BCUT2D eigenvalue weighted by Crippen LogP contribution is -2.43. The normalized spacial score (nSPS) is 11.8. The van der Waals surface area contributed by atoms with E-state index in [1.54, 1.807) is 0 Å². The second-order valence-corrected chi connectivity index (χ2v) is 3.80. The van der Waals surface area contributed by atoms with E-state index in [-0.39, 0.29) is 12.3 Å². The molecule has 1 rings (SSSR count). The van der Waals surface area contributed by atoms with Crippen LogP contribution in [0.5, 0.6) is 0 Å². The minimum atomic E-state index is -0.858. The number of carbonyl (C=O) groups excluding carboxylic acids is 2. The van der Waals surface area contributed by atoms with Gasteiger partial charge in [-0.1, -0.05) is 30.3 Å². The molecule has 5 heteroatoms. The molecular formula is C12H17N3O2. The number of carbonyl (C=O) groups is 2. The summed E-state index contributed by atoms with van der Waals surface area (Å²) in [5.74, 6) is -0.921. The summed E-state index contributed by atoms with van der Waals surface area (Å²) in [7, 11) is 0. The molecule has 1 atom stereocenters. The Morgan fingerprint density at radius 1 is 1.24 bits per heavy atom. The van der Waals surface area contributed by atoms with Crippen molar-refractivity contribution in [1.82, 2.24) is 5.32 Å². The zero-order valence-electron chi connectivity index (χ0n) is 9.56. The highest BCUT2D eigenvalue weighted by atomic mass is 16.2. The molecule has 0 aliphatic carbocycles.